The summed E-state index contributed by atoms with van der Waals surface area (Å²) >= 11 is 6.03. The second kappa shape index (κ2) is 8.68. The number of rotatable bonds is 6. The Morgan fingerprint density at radius 2 is 2.12 bits per heavy atom. The Balaban J connectivity index is 1.91. The third-order valence-electron chi connectivity index (χ3n) is 3.49. The van der Waals surface area contributed by atoms with E-state index in [1.54, 1.807) is 6.07 Å². The Morgan fingerprint density at radius 1 is 1.33 bits per heavy atom. The Labute approximate surface area is 146 Å². The molecule has 24 heavy (non-hydrogen) atoms. The lowest BCUT2D eigenvalue weighted by molar-refractivity contribution is 0.473. The predicted molar refractivity (Wildman–Crippen MR) is 93.9 cm³/mol. The molecule has 2 rings (SSSR count). The lowest BCUT2D eigenvalue weighted by Crippen LogP contribution is -2.38. The van der Waals surface area contributed by atoms with Crippen molar-refractivity contribution in [2.24, 2.45) is 4.99 Å². The first-order valence-electron chi connectivity index (χ1n) is 7.88. The number of oxazole rings is 1. The van der Waals surface area contributed by atoms with E-state index in [-0.39, 0.29) is 5.82 Å². The number of hydrogen-bond acceptors (Lipinski definition) is 3. The molecule has 0 aliphatic carbocycles. The van der Waals surface area contributed by atoms with Crippen LogP contribution in [0.25, 0.3) is 0 Å². The number of halogens is 2. The molecule has 0 aliphatic rings. The zero-order valence-electron chi connectivity index (χ0n) is 14.1. The topological polar surface area (TPSA) is 62.5 Å². The Kier molecular flexibility index (Phi) is 6.61. The highest BCUT2D eigenvalue weighted by Gasteiger charge is 2.06. The molecule has 2 N–H and O–H groups in total. The number of aromatic nitrogens is 1. The largest absolute Gasteiger partial charge is 0.444 e. The Morgan fingerprint density at radius 3 is 2.75 bits per heavy atom. The number of hydrogen-bond donors (Lipinski definition) is 2. The molecule has 1 aromatic heterocycles. The molecule has 0 saturated carbocycles. The minimum atomic E-state index is -0.330. The molecule has 1 heterocycles. The second-order valence-corrected chi connectivity index (χ2v) is 5.76. The summed E-state index contributed by atoms with van der Waals surface area (Å²) in [6.07, 6.45) is 0.667. The number of nitrogens with zero attached hydrogens (tertiary/aromatic N) is 2. The third-order valence-corrected chi connectivity index (χ3v) is 3.84. The van der Waals surface area contributed by atoms with E-state index >= 15 is 0 Å². The van der Waals surface area contributed by atoms with Crippen LogP contribution >= 0.6 is 11.6 Å². The SMILES string of the molecule is CCNC(=NCc1nc(C)c(C)o1)NCCc1ccc(F)cc1Cl. The van der Waals surface area contributed by atoms with Gasteiger partial charge in [-0.2, -0.15) is 0 Å². The lowest BCUT2D eigenvalue weighted by Gasteiger charge is -2.11. The van der Waals surface area contributed by atoms with Crippen LogP contribution in [0, 0.1) is 19.7 Å². The fourth-order valence-electron chi connectivity index (χ4n) is 2.14. The number of benzene rings is 1. The van der Waals surface area contributed by atoms with Crippen LogP contribution in [0.2, 0.25) is 5.02 Å². The zero-order valence-corrected chi connectivity index (χ0v) is 14.9. The van der Waals surface area contributed by atoms with Crippen molar-refractivity contribution in [2.75, 3.05) is 13.1 Å². The van der Waals surface area contributed by atoms with Crippen LogP contribution in [-0.2, 0) is 13.0 Å². The van der Waals surface area contributed by atoms with E-state index < -0.39 is 0 Å². The second-order valence-electron chi connectivity index (χ2n) is 5.36. The minimum absolute atomic E-state index is 0.330. The fourth-order valence-corrected chi connectivity index (χ4v) is 2.40. The van der Waals surface area contributed by atoms with E-state index in [9.17, 15) is 4.39 Å². The first-order valence-corrected chi connectivity index (χ1v) is 8.26. The molecule has 7 heteroatoms. The molecule has 0 spiro atoms. The highest BCUT2D eigenvalue weighted by Crippen LogP contribution is 2.17. The van der Waals surface area contributed by atoms with Crippen molar-refractivity contribution in [3.05, 3.63) is 51.9 Å². The average molecular weight is 353 g/mol. The highest BCUT2D eigenvalue weighted by molar-refractivity contribution is 6.31. The van der Waals surface area contributed by atoms with Crippen molar-refractivity contribution in [3.8, 4) is 0 Å². The molecule has 0 radical (unpaired) electrons. The normalized spacial score (nSPS) is 11.6. The summed E-state index contributed by atoms with van der Waals surface area (Å²) in [6.45, 7) is 7.51. The van der Waals surface area contributed by atoms with Gasteiger partial charge in [0.25, 0.3) is 0 Å². The molecule has 1 aromatic carbocycles. The highest BCUT2D eigenvalue weighted by atomic mass is 35.5. The maximum absolute atomic E-state index is 13.0. The summed E-state index contributed by atoms with van der Waals surface area (Å²) in [4.78, 5) is 8.76. The lowest BCUT2D eigenvalue weighted by atomic mass is 10.1. The van der Waals surface area contributed by atoms with E-state index in [2.05, 4.69) is 20.6 Å². The zero-order chi connectivity index (χ0) is 17.5. The van der Waals surface area contributed by atoms with Gasteiger partial charge >= 0.3 is 0 Å². The molecule has 0 unspecified atom stereocenters. The van der Waals surface area contributed by atoms with Crippen LogP contribution in [-0.4, -0.2) is 24.0 Å². The fraction of sp³-hybridized carbons (Fsp3) is 0.412. The number of aryl methyl sites for hydroxylation is 2. The molecule has 0 aliphatic heterocycles. The van der Waals surface area contributed by atoms with Gasteiger partial charge in [-0.25, -0.2) is 14.4 Å². The maximum atomic E-state index is 13.0. The van der Waals surface area contributed by atoms with Gasteiger partial charge in [-0.15, -0.1) is 0 Å². The molecule has 0 atom stereocenters. The van der Waals surface area contributed by atoms with Gasteiger partial charge in [0.05, 0.1) is 5.69 Å². The number of guanidine groups is 1. The quantitative estimate of drug-likeness (QED) is 0.618. The standard InChI is InChI=1S/C17H22ClFN4O/c1-4-20-17(22-10-16-23-11(2)12(3)24-16)21-8-7-13-5-6-14(19)9-15(13)18/h5-6,9H,4,7-8,10H2,1-3H3,(H2,20,21,22). The van der Waals surface area contributed by atoms with Crippen LogP contribution in [0.15, 0.2) is 27.6 Å². The monoisotopic (exact) mass is 352 g/mol. The van der Waals surface area contributed by atoms with Crippen LogP contribution in [0.3, 0.4) is 0 Å². The third kappa shape index (κ3) is 5.23. The van der Waals surface area contributed by atoms with Crippen molar-refractivity contribution < 1.29 is 8.81 Å². The molecule has 2 aromatic rings. The minimum Gasteiger partial charge on any atom is -0.444 e. The molecule has 0 amide bonds. The summed E-state index contributed by atoms with van der Waals surface area (Å²) in [5.74, 6) is 1.74. The van der Waals surface area contributed by atoms with Crippen LogP contribution in [0.4, 0.5) is 4.39 Å². The van der Waals surface area contributed by atoms with Crippen molar-refractivity contribution in [2.45, 2.75) is 33.7 Å². The van der Waals surface area contributed by atoms with E-state index in [1.807, 2.05) is 20.8 Å². The molecule has 5 nitrogen and oxygen atoms in total. The van der Waals surface area contributed by atoms with Gasteiger partial charge in [0.2, 0.25) is 5.89 Å². The van der Waals surface area contributed by atoms with Gasteiger partial charge in [0, 0.05) is 18.1 Å². The van der Waals surface area contributed by atoms with Crippen LogP contribution in [0.5, 0.6) is 0 Å². The van der Waals surface area contributed by atoms with Gasteiger partial charge in [-0.05, 0) is 44.9 Å². The summed E-state index contributed by atoms with van der Waals surface area (Å²) in [6, 6.07) is 4.43. The smallest absolute Gasteiger partial charge is 0.216 e. The van der Waals surface area contributed by atoms with Gasteiger partial charge < -0.3 is 15.1 Å². The van der Waals surface area contributed by atoms with Gasteiger partial charge in [0.15, 0.2) is 5.96 Å². The van der Waals surface area contributed by atoms with E-state index in [4.69, 9.17) is 16.0 Å². The van der Waals surface area contributed by atoms with Gasteiger partial charge in [0.1, 0.15) is 18.1 Å². The van der Waals surface area contributed by atoms with Crippen molar-refractivity contribution in [3.63, 3.8) is 0 Å². The predicted octanol–water partition coefficient (Wildman–Crippen LogP) is 3.38. The Bertz CT molecular complexity index is 695. The van der Waals surface area contributed by atoms with E-state index in [0.29, 0.717) is 36.4 Å². The summed E-state index contributed by atoms with van der Waals surface area (Å²) in [5.41, 5.74) is 1.77. The summed E-state index contributed by atoms with van der Waals surface area (Å²) < 4.78 is 18.6. The molecule has 0 fully saturated rings. The van der Waals surface area contributed by atoms with Crippen LogP contribution in [0.1, 0.15) is 29.8 Å². The first-order chi connectivity index (χ1) is 11.5. The van der Waals surface area contributed by atoms with Crippen molar-refractivity contribution in [1.82, 2.24) is 15.6 Å². The van der Waals surface area contributed by atoms with Crippen molar-refractivity contribution in [1.29, 1.82) is 0 Å². The summed E-state index contributed by atoms with van der Waals surface area (Å²) in [7, 11) is 0. The first kappa shape index (κ1) is 18.3. The Hall–Kier alpha value is -2.08. The van der Waals surface area contributed by atoms with E-state index in [1.165, 1.54) is 12.1 Å². The van der Waals surface area contributed by atoms with Crippen LogP contribution < -0.4 is 10.6 Å². The molecular weight excluding hydrogens is 331 g/mol. The molecule has 0 bridgehead atoms. The molecular formula is C17H22ClFN4O. The summed E-state index contributed by atoms with van der Waals surface area (Å²) in [5, 5.41) is 6.82. The van der Waals surface area contributed by atoms with E-state index in [0.717, 1.165) is 23.6 Å². The van der Waals surface area contributed by atoms with Gasteiger partial charge in [-0.3, -0.25) is 0 Å². The van der Waals surface area contributed by atoms with Crippen molar-refractivity contribution >= 4 is 17.6 Å². The number of aliphatic imine (C=N–C) groups is 1. The number of nitrogens with one attached hydrogen (secondary N) is 2. The molecule has 130 valence electrons. The van der Waals surface area contributed by atoms with Gasteiger partial charge in [-0.1, -0.05) is 17.7 Å². The maximum Gasteiger partial charge on any atom is 0.216 e. The molecule has 0 saturated heterocycles. The average Bonchev–Trinajstić information content (AvgIpc) is 2.85.